The molecule has 1 rings (SSSR count). The van der Waals surface area contributed by atoms with Gasteiger partial charge >= 0.3 is 0 Å². The second-order valence-corrected chi connectivity index (χ2v) is 5.25. The number of nitrogens with two attached hydrogens (primary N) is 1. The number of para-hydroxylation sites is 1. The molecule has 1 aromatic carbocycles. The molecule has 0 aliphatic rings. The quantitative estimate of drug-likeness (QED) is 0.771. The highest BCUT2D eigenvalue weighted by Gasteiger charge is 2.11. The van der Waals surface area contributed by atoms with Crippen LogP contribution in [0.1, 0.15) is 17.3 Å². The Kier molecular flexibility index (Phi) is 5.09. The zero-order valence-electron chi connectivity index (χ0n) is 9.53. The predicted octanol–water partition coefficient (Wildman–Crippen LogP) is 0.906. The van der Waals surface area contributed by atoms with Crippen molar-refractivity contribution >= 4 is 22.4 Å². The van der Waals surface area contributed by atoms with Crippen LogP contribution in [0.3, 0.4) is 0 Å². The van der Waals surface area contributed by atoms with Crippen LogP contribution in [0.25, 0.3) is 0 Å². The molecule has 1 amide bonds. The van der Waals surface area contributed by atoms with Gasteiger partial charge in [0.05, 0.1) is 11.3 Å². The van der Waals surface area contributed by atoms with Gasteiger partial charge in [-0.15, -0.1) is 0 Å². The minimum atomic E-state index is -0.930. The summed E-state index contributed by atoms with van der Waals surface area (Å²) in [4.78, 5) is 11.6. The summed E-state index contributed by atoms with van der Waals surface area (Å²) in [5.74, 6) is -0.125. The smallest absolute Gasteiger partial charge is 0.253 e. The van der Waals surface area contributed by atoms with Gasteiger partial charge in [-0.2, -0.15) is 0 Å². The van der Waals surface area contributed by atoms with Gasteiger partial charge in [0, 0.05) is 28.9 Å². The number of benzene rings is 1. The number of carbonyl (C=O) groups excluding carboxylic acids is 1. The SMILES string of the molecule is CCS(=O)CCNC(=O)c1cccc(F)c1N. The molecule has 0 aromatic heterocycles. The van der Waals surface area contributed by atoms with E-state index in [9.17, 15) is 13.4 Å². The van der Waals surface area contributed by atoms with E-state index in [2.05, 4.69) is 5.32 Å². The standard InChI is InChI=1S/C11H15FN2O2S/c1-2-17(16)7-6-14-11(15)8-4-3-5-9(12)10(8)13/h3-5H,2,6-7,13H2,1H3,(H,14,15). The fraction of sp³-hybridized carbons (Fsp3) is 0.364. The van der Waals surface area contributed by atoms with Crippen LogP contribution in [0.4, 0.5) is 10.1 Å². The summed E-state index contributed by atoms with van der Waals surface area (Å²) in [5, 5.41) is 2.55. The lowest BCUT2D eigenvalue weighted by molar-refractivity contribution is 0.0956. The highest BCUT2D eigenvalue weighted by Crippen LogP contribution is 2.15. The van der Waals surface area contributed by atoms with E-state index in [4.69, 9.17) is 5.73 Å². The third-order valence-corrected chi connectivity index (χ3v) is 3.54. The molecule has 3 N–H and O–H groups in total. The topological polar surface area (TPSA) is 72.2 Å². The summed E-state index contributed by atoms with van der Waals surface area (Å²) >= 11 is 0. The highest BCUT2D eigenvalue weighted by atomic mass is 32.2. The van der Waals surface area contributed by atoms with E-state index in [1.54, 1.807) is 0 Å². The first-order valence-corrected chi connectivity index (χ1v) is 6.72. The Balaban J connectivity index is 2.59. The summed E-state index contributed by atoms with van der Waals surface area (Å²) in [6.45, 7) is 2.09. The molecule has 0 saturated carbocycles. The summed E-state index contributed by atoms with van der Waals surface area (Å²) in [6.07, 6.45) is 0. The van der Waals surface area contributed by atoms with Gasteiger partial charge in [-0.1, -0.05) is 13.0 Å². The first-order chi connectivity index (χ1) is 8.06. The Labute approximate surface area is 102 Å². The van der Waals surface area contributed by atoms with E-state index < -0.39 is 22.5 Å². The molecule has 4 nitrogen and oxygen atoms in total. The number of hydrogen-bond acceptors (Lipinski definition) is 3. The van der Waals surface area contributed by atoms with E-state index in [1.165, 1.54) is 18.2 Å². The van der Waals surface area contributed by atoms with Crippen LogP contribution in [0, 0.1) is 5.82 Å². The molecule has 1 atom stereocenters. The second kappa shape index (κ2) is 6.34. The van der Waals surface area contributed by atoms with Crippen LogP contribution < -0.4 is 11.1 Å². The lowest BCUT2D eigenvalue weighted by Crippen LogP contribution is -2.28. The molecule has 0 fully saturated rings. The minimum absolute atomic E-state index is 0.104. The van der Waals surface area contributed by atoms with Crippen LogP contribution in [-0.4, -0.2) is 28.2 Å². The lowest BCUT2D eigenvalue weighted by Gasteiger charge is -2.07. The Morgan fingerprint density at radius 3 is 2.88 bits per heavy atom. The van der Waals surface area contributed by atoms with E-state index in [-0.39, 0.29) is 17.8 Å². The van der Waals surface area contributed by atoms with E-state index in [0.29, 0.717) is 11.5 Å². The molecule has 0 aliphatic heterocycles. The van der Waals surface area contributed by atoms with Crippen LogP contribution in [0.15, 0.2) is 18.2 Å². The number of anilines is 1. The van der Waals surface area contributed by atoms with Gasteiger partial charge in [0.1, 0.15) is 5.82 Å². The zero-order chi connectivity index (χ0) is 12.8. The number of amides is 1. The average molecular weight is 258 g/mol. The zero-order valence-corrected chi connectivity index (χ0v) is 10.3. The summed E-state index contributed by atoms with van der Waals surface area (Å²) in [6, 6.07) is 4.06. The van der Waals surface area contributed by atoms with Gasteiger partial charge in [0.25, 0.3) is 5.91 Å². The van der Waals surface area contributed by atoms with E-state index in [1.807, 2.05) is 6.92 Å². The monoisotopic (exact) mass is 258 g/mol. The van der Waals surface area contributed by atoms with Gasteiger partial charge in [0.15, 0.2) is 0 Å². The molecule has 0 bridgehead atoms. The normalized spacial score (nSPS) is 12.1. The molecule has 17 heavy (non-hydrogen) atoms. The molecule has 0 saturated heterocycles. The number of carbonyl (C=O) groups is 1. The third kappa shape index (κ3) is 3.81. The van der Waals surface area contributed by atoms with Crippen molar-refractivity contribution in [3.8, 4) is 0 Å². The van der Waals surface area contributed by atoms with Gasteiger partial charge in [-0.25, -0.2) is 4.39 Å². The van der Waals surface area contributed by atoms with Crippen molar-refractivity contribution in [3.05, 3.63) is 29.6 Å². The highest BCUT2D eigenvalue weighted by molar-refractivity contribution is 7.84. The maximum absolute atomic E-state index is 13.1. The van der Waals surface area contributed by atoms with Crippen LogP contribution >= 0.6 is 0 Å². The number of rotatable bonds is 5. The van der Waals surface area contributed by atoms with Crippen molar-refractivity contribution < 1.29 is 13.4 Å². The Morgan fingerprint density at radius 1 is 1.53 bits per heavy atom. The molecule has 0 radical (unpaired) electrons. The first-order valence-electron chi connectivity index (χ1n) is 5.23. The Bertz CT molecular complexity index is 437. The molecule has 0 aliphatic carbocycles. The maximum Gasteiger partial charge on any atom is 0.253 e. The molecular weight excluding hydrogens is 243 g/mol. The second-order valence-electron chi connectivity index (χ2n) is 3.39. The maximum atomic E-state index is 13.1. The van der Waals surface area contributed by atoms with Crippen molar-refractivity contribution in [1.82, 2.24) is 5.32 Å². The number of nitrogen functional groups attached to an aromatic ring is 1. The first kappa shape index (κ1) is 13.6. The van der Waals surface area contributed by atoms with Crippen molar-refractivity contribution in [2.45, 2.75) is 6.92 Å². The molecule has 0 heterocycles. The third-order valence-electron chi connectivity index (χ3n) is 2.23. The van der Waals surface area contributed by atoms with Gasteiger partial charge in [0.2, 0.25) is 0 Å². The predicted molar refractivity (Wildman–Crippen MR) is 66.7 cm³/mol. The average Bonchev–Trinajstić information content (AvgIpc) is 2.32. The van der Waals surface area contributed by atoms with E-state index >= 15 is 0 Å². The Morgan fingerprint density at radius 2 is 2.24 bits per heavy atom. The van der Waals surface area contributed by atoms with Crippen LogP contribution in [-0.2, 0) is 10.8 Å². The van der Waals surface area contributed by atoms with Crippen molar-refractivity contribution in [1.29, 1.82) is 0 Å². The largest absolute Gasteiger partial charge is 0.396 e. The fourth-order valence-electron chi connectivity index (χ4n) is 1.25. The Hall–Kier alpha value is -1.43. The van der Waals surface area contributed by atoms with E-state index in [0.717, 1.165) is 0 Å². The molecular formula is C11H15FN2O2S. The summed E-state index contributed by atoms with van der Waals surface area (Å²) in [5.41, 5.74) is 5.38. The van der Waals surface area contributed by atoms with Crippen molar-refractivity contribution in [2.75, 3.05) is 23.8 Å². The van der Waals surface area contributed by atoms with Crippen molar-refractivity contribution in [3.63, 3.8) is 0 Å². The molecule has 1 aromatic rings. The lowest BCUT2D eigenvalue weighted by atomic mass is 10.1. The van der Waals surface area contributed by atoms with Crippen molar-refractivity contribution in [2.24, 2.45) is 0 Å². The number of hydrogen-bond donors (Lipinski definition) is 2. The van der Waals surface area contributed by atoms with Gasteiger partial charge in [-0.05, 0) is 12.1 Å². The van der Waals surface area contributed by atoms with Gasteiger partial charge < -0.3 is 11.1 Å². The van der Waals surface area contributed by atoms with Crippen LogP contribution in [0.5, 0.6) is 0 Å². The molecule has 94 valence electrons. The van der Waals surface area contributed by atoms with Crippen LogP contribution in [0.2, 0.25) is 0 Å². The molecule has 6 heteroatoms. The number of nitrogens with one attached hydrogen (secondary N) is 1. The molecule has 1 unspecified atom stereocenters. The fourth-order valence-corrected chi connectivity index (χ4v) is 1.87. The molecule has 0 spiro atoms. The minimum Gasteiger partial charge on any atom is -0.396 e. The van der Waals surface area contributed by atoms with Gasteiger partial charge in [-0.3, -0.25) is 9.00 Å². The summed E-state index contributed by atoms with van der Waals surface area (Å²) in [7, 11) is -0.930. The summed E-state index contributed by atoms with van der Waals surface area (Å²) < 4.78 is 24.2. The number of halogens is 1.